The van der Waals surface area contributed by atoms with E-state index in [9.17, 15) is 4.79 Å². The molecule has 0 bridgehead atoms. The summed E-state index contributed by atoms with van der Waals surface area (Å²) in [6, 6.07) is 12.6. The van der Waals surface area contributed by atoms with Gasteiger partial charge in [0, 0.05) is 23.7 Å². The van der Waals surface area contributed by atoms with Gasteiger partial charge < -0.3 is 19.7 Å². The Morgan fingerprint density at radius 3 is 2.60 bits per heavy atom. The van der Waals surface area contributed by atoms with Crippen molar-refractivity contribution in [1.29, 1.82) is 0 Å². The molecule has 1 N–H and O–H groups in total. The third-order valence-corrected chi connectivity index (χ3v) is 4.22. The van der Waals surface area contributed by atoms with E-state index in [2.05, 4.69) is 10.2 Å². The van der Waals surface area contributed by atoms with Gasteiger partial charge in [-0.15, -0.1) is 0 Å². The summed E-state index contributed by atoms with van der Waals surface area (Å²) in [5, 5.41) is 3.55. The molecule has 5 nitrogen and oxygen atoms in total. The summed E-state index contributed by atoms with van der Waals surface area (Å²) < 4.78 is 10.8. The lowest BCUT2D eigenvalue weighted by atomic mass is 10.1. The maximum absolute atomic E-state index is 12.6. The lowest BCUT2D eigenvalue weighted by Crippen LogP contribution is -2.36. The van der Waals surface area contributed by atoms with Crippen LogP contribution in [-0.2, 0) is 4.74 Å². The van der Waals surface area contributed by atoms with Crippen LogP contribution in [0.25, 0.3) is 0 Å². The number of nitrogens with zero attached hydrogens (tertiary/aromatic N) is 1. The van der Waals surface area contributed by atoms with E-state index in [1.165, 1.54) is 0 Å². The first-order valence-electron chi connectivity index (χ1n) is 8.34. The normalized spacial score (nSPS) is 14.2. The van der Waals surface area contributed by atoms with Gasteiger partial charge in [0.1, 0.15) is 5.75 Å². The van der Waals surface area contributed by atoms with Gasteiger partial charge in [0.25, 0.3) is 5.91 Å². The molecule has 1 aliphatic heterocycles. The number of anilines is 2. The third kappa shape index (κ3) is 4.44. The minimum absolute atomic E-state index is 0.181. The minimum atomic E-state index is -0.181. The Morgan fingerprint density at radius 2 is 1.92 bits per heavy atom. The van der Waals surface area contributed by atoms with Crippen LogP contribution in [-0.4, -0.2) is 38.8 Å². The molecular formula is C19H21ClN2O3. The number of hydrogen-bond donors (Lipinski definition) is 1. The molecule has 1 fully saturated rings. The van der Waals surface area contributed by atoms with Crippen LogP contribution in [0.1, 0.15) is 17.3 Å². The van der Waals surface area contributed by atoms with Crippen molar-refractivity contribution >= 4 is 28.9 Å². The summed E-state index contributed by atoms with van der Waals surface area (Å²) in [5.41, 5.74) is 2.22. The molecule has 132 valence electrons. The fourth-order valence-electron chi connectivity index (χ4n) is 2.75. The third-order valence-electron chi connectivity index (χ3n) is 3.99. The van der Waals surface area contributed by atoms with E-state index in [1.807, 2.05) is 19.1 Å². The number of nitrogens with one attached hydrogen (secondary N) is 1. The summed E-state index contributed by atoms with van der Waals surface area (Å²) in [7, 11) is 0. The van der Waals surface area contributed by atoms with Crippen molar-refractivity contribution in [2.45, 2.75) is 6.92 Å². The molecular weight excluding hydrogens is 340 g/mol. The first-order chi connectivity index (χ1) is 12.2. The van der Waals surface area contributed by atoms with Gasteiger partial charge in [-0.3, -0.25) is 4.79 Å². The minimum Gasteiger partial charge on any atom is -0.494 e. The van der Waals surface area contributed by atoms with Gasteiger partial charge in [-0.25, -0.2) is 0 Å². The van der Waals surface area contributed by atoms with Crippen molar-refractivity contribution in [1.82, 2.24) is 0 Å². The van der Waals surface area contributed by atoms with Gasteiger partial charge in [-0.2, -0.15) is 0 Å². The average Bonchev–Trinajstić information content (AvgIpc) is 2.63. The zero-order valence-electron chi connectivity index (χ0n) is 14.1. The van der Waals surface area contributed by atoms with E-state index in [0.717, 1.165) is 24.5 Å². The highest BCUT2D eigenvalue weighted by Crippen LogP contribution is 2.30. The standard InChI is InChI=1S/C19H21ClN2O3/c1-2-25-16-6-3-14(4-7-16)19(23)21-17-13-15(20)5-8-18(17)22-9-11-24-12-10-22/h3-8,13H,2,9-12H2,1H3,(H,21,23). The SMILES string of the molecule is CCOc1ccc(C(=O)Nc2cc(Cl)ccc2N2CCOCC2)cc1. The Balaban J connectivity index is 1.79. The molecule has 0 radical (unpaired) electrons. The number of benzene rings is 2. The number of rotatable bonds is 5. The van der Waals surface area contributed by atoms with E-state index in [4.69, 9.17) is 21.1 Å². The Bertz CT molecular complexity index is 728. The Morgan fingerprint density at radius 1 is 1.20 bits per heavy atom. The predicted molar refractivity (Wildman–Crippen MR) is 100 cm³/mol. The van der Waals surface area contributed by atoms with Crippen molar-refractivity contribution < 1.29 is 14.3 Å². The second-order valence-electron chi connectivity index (χ2n) is 5.67. The van der Waals surface area contributed by atoms with Gasteiger partial charge in [-0.1, -0.05) is 11.6 Å². The van der Waals surface area contributed by atoms with Gasteiger partial charge >= 0.3 is 0 Å². The maximum Gasteiger partial charge on any atom is 0.255 e. The molecule has 25 heavy (non-hydrogen) atoms. The smallest absolute Gasteiger partial charge is 0.255 e. The molecule has 0 atom stereocenters. The van der Waals surface area contributed by atoms with E-state index < -0.39 is 0 Å². The number of ether oxygens (including phenoxy) is 2. The summed E-state index contributed by atoms with van der Waals surface area (Å²) in [6.07, 6.45) is 0. The molecule has 0 spiro atoms. The van der Waals surface area contributed by atoms with Crippen molar-refractivity contribution in [3.8, 4) is 5.75 Å². The van der Waals surface area contributed by atoms with Gasteiger partial charge in [0.15, 0.2) is 0 Å². The molecule has 2 aromatic carbocycles. The number of amides is 1. The molecule has 1 amide bonds. The van der Waals surface area contributed by atoms with E-state index >= 15 is 0 Å². The van der Waals surface area contributed by atoms with Crippen molar-refractivity contribution in [2.75, 3.05) is 43.1 Å². The van der Waals surface area contributed by atoms with Gasteiger partial charge in [0.05, 0.1) is 31.2 Å². The van der Waals surface area contributed by atoms with Crippen molar-refractivity contribution in [2.24, 2.45) is 0 Å². The second-order valence-corrected chi connectivity index (χ2v) is 6.11. The summed E-state index contributed by atoms with van der Waals surface area (Å²) >= 11 is 6.13. The van der Waals surface area contributed by atoms with Crippen LogP contribution in [0.5, 0.6) is 5.75 Å². The molecule has 0 saturated carbocycles. The Hall–Kier alpha value is -2.24. The van der Waals surface area contributed by atoms with Crippen LogP contribution in [0.2, 0.25) is 5.02 Å². The topological polar surface area (TPSA) is 50.8 Å². The van der Waals surface area contributed by atoms with Crippen LogP contribution in [0.15, 0.2) is 42.5 Å². The quantitative estimate of drug-likeness (QED) is 0.880. The zero-order valence-corrected chi connectivity index (χ0v) is 14.9. The highest BCUT2D eigenvalue weighted by molar-refractivity contribution is 6.31. The molecule has 6 heteroatoms. The number of hydrogen-bond acceptors (Lipinski definition) is 4. The highest BCUT2D eigenvalue weighted by Gasteiger charge is 2.17. The maximum atomic E-state index is 12.6. The van der Waals surface area contributed by atoms with E-state index in [1.54, 1.807) is 30.3 Å². The van der Waals surface area contributed by atoms with Crippen LogP contribution >= 0.6 is 11.6 Å². The van der Waals surface area contributed by atoms with Crippen LogP contribution in [0, 0.1) is 0 Å². The summed E-state index contributed by atoms with van der Waals surface area (Å²) in [6.45, 7) is 5.44. The highest BCUT2D eigenvalue weighted by atomic mass is 35.5. The molecule has 3 rings (SSSR count). The van der Waals surface area contributed by atoms with Crippen molar-refractivity contribution in [3.63, 3.8) is 0 Å². The zero-order chi connectivity index (χ0) is 17.6. The fourth-order valence-corrected chi connectivity index (χ4v) is 2.92. The lowest BCUT2D eigenvalue weighted by molar-refractivity contribution is 0.102. The molecule has 2 aromatic rings. The number of morpholine rings is 1. The monoisotopic (exact) mass is 360 g/mol. The molecule has 0 unspecified atom stereocenters. The van der Waals surface area contributed by atoms with Crippen molar-refractivity contribution in [3.05, 3.63) is 53.1 Å². The molecule has 1 saturated heterocycles. The predicted octanol–water partition coefficient (Wildman–Crippen LogP) is 3.83. The van der Waals surface area contributed by atoms with Gasteiger partial charge in [0.2, 0.25) is 0 Å². The molecule has 1 aliphatic rings. The molecule has 1 heterocycles. The summed E-state index contributed by atoms with van der Waals surface area (Å²) in [4.78, 5) is 14.8. The number of carbonyl (C=O) groups is 1. The fraction of sp³-hybridized carbons (Fsp3) is 0.316. The Kier molecular flexibility index (Phi) is 5.79. The lowest BCUT2D eigenvalue weighted by Gasteiger charge is -2.30. The molecule has 0 aromatic heterocycles. The number of carbonyl (C=O) groups excluding carboxylic acids is 1. The molecule has 0 aliphatic carbocycles. The second kappa shape index (κ2) is 8.23. The average molecular weight is 361 g/mol. The van der Waals surface area contributed by atoms with Crippen LogP contribution < -0.4 is 15.0 Å². The summed E-state index contributed by atoms with van der Waals surface area (Å²) in [5.74, 6) is 0.565. The first-order valence-corrected chi connectivity index (χ1v) is 8.71. The van der Waals surface area contributed by atoms with Crippen LogP contribution in [0.3, 0.4) is 0 Å². The Labute approximate surface area is 152 Å². The van der Waals surface area contributed by atoms with E-state index in [0.29, 0.717) is 36.1 Å². The largest absolute Gasteiger partial charge is 0.494 e. The van der Waals surface area contributed by atoms with E-state index in [-0.39, 0.29) is 5.91 Å². The number of halogens is 1. The first kappa shape index (κ1) is 17.6. The van der Waals surface area contributed by atoms with Gasteiger partial charge in [-0.05, 0) is 49.4 Å². The van der Waals surface area contributed by atoms with Crippen LogP contribution in [0.4, 0.5) is 11.4 Å².